The molecule has 2 aromatic carbocycles. The highest BCUT2D eigenvalue weighted by Crippen LogP contribution is 2.28. The number of rotatable bonds is 2. The van der Waals surface area contributed by atoms with Gasteiger partial charge in [-0.3, -0.25) is 4.79 Å². The van der Waals surface area contributed by atoms with Crippen molar-refractivity contribution in [1.82, 2.24) is 4.98 Å². The van der Waals surface area contributed by atoms with E-state index in [9.17, 15) is 4.79 Å². The van der Waals surface area contributed by atoms with Crippen LogP contribution >= 0.6 is 0 Å². The van der Waals surface area contributed by atoms with Gasteiger partial charge in [0.1, 0.15) is 5.69 Å². The first-order valence-electron chi connectivity index (χ1n) is 6.39. The lowest BCUT2D eigenvalue weighted by atomic mass is 9.99. The van der Waals surface area contributed by atoms with E-state index >= 15 is 0 Å². The predicted octanol–water partition coefficient (Wildman–Crippen LogP) is 2.87. The molecule has 3 rings (SSSR count). The normalized spacial score (nSPS) is 10.2. The highest BCUT2D eigenvalue weighted by atomic mass is 16.1. The standard InChI is InChI=1S/C17H11N3O/c18-10-11-5-7-12(8-6-11)14-9-16(17(19)21)20-15-4-2-1-3-13(14)15/h1-9H,(H2,19,21). The van der Waals surface area contributed by atoms with Crippen molar-refractivity contribution >= 4 is 16.8 Å². The summed E-state index contributed by atoms with van der Waals surface area (Å²) in [6, 6.07) is 18.5. The lowest BCUT2D eigenvalue weighted by molar-refractivity contribution is 0.0996. The van der Waals surface area contributed by atoms with Crippen LogP contribution in [0.15, 0.2) is 54.6 Å². The van der Waals surface area contributed by atoms with Crippen molar-refractivity contribution in [1.29, 1.82) is 5.26 Å². The van der Waals surface area contributed by atoms with Gasteiger partial charge in [-0.1, -0.05) is 30.3 Å². The number of hydrogen-bond donors (Lipinski definition) is 1. The van der Waals surface area contributed by atoms with Crippen molar-refractivity contribution in [3.63, 3.8) is 0 Å². The Balaban J connectivity index is 2.28. The average molecular weight is 273 g/mol. The third kappa shape index (κ3) is 2.33. The van der Waals surface area contributed by atoms with Crippen molar-refractivity contribution in [3.05, 3.63) is 65.9 Å². The van der Waals surface area contributed by atoms with Crippen LogP contribution in [0.2, 0.25) is 0 Å². The van der Waals surface area contributed by atoms with Gasteiger partial charge in [0.25, 0.3) is 5.91 Å². The summed E-state index contributed by atoms with van der Waals surface area (Å²) in [7, 11) is 0. The number of benzene rings is 2. The molecule has 0 fully saturated rings. The molecule has 1 aromatic heterocycles. The van der Waals surface area contributed by atoms with Crippen LogP contribution in [0, 0.1) is 11.3 Å². The number of amides is 1. The van der Waals surface area contributed by atoms with Crippen molar-refractivity contribution in [2.75, 3.05) is 0 Å². The highest BCUT2D eigenvalue weighted by Gasteiger charge is 2.10. The molecular formula is C17H11N3O. The molecule has 3 aromatic rings. The fraction of sp³-hybridized carbons (Fsp3) is 0. The summed E-state index contributed by atoms with van der Waals surface area (Å²) in [4.78, 5) is 15.7. The zero-order chi connectivity index (χ0) is 14.8. The Bertz CT molecular complexity index is 877. The summed E-state index contributed by atoms with van der Waals surface area (Å²) < 4.78 is 0. The number of nitrogens with two attached hydrogens (primary N) is 1. The Labute approximate surface area is 121 Å². The molecule has 4 heteroatoms. The van der Waals surface area contributed by atoms with Gasteiger partial charge in [0, 0.05) is 5.39 Å². The fourth-order valence-electron chi connectivity index (χ4n) is 2.26. The number of nitrogens with zero attached hydrogens (tertiary/aromatic N) is 2. The number of carbonyl (C=O) groups excluding carboxylic acids is 1. The second-order valence-electron chi connectivity index (χ2n) is 4.63. The van der Waals surface area contributed by atoms with E-state index in [1.807, 2.05) is 36.4 Å². The van der Waals surface area contributed by atoms with Gasteiger partial charge in [-0.25, -0.2) is 4.98 Å². The number of carbonyl (C=O) groups is 1. The third-order valence-corrected chi connectivity index (χ3v) is 3.29. The maximum atomic E-state index is 11.4. The van der Waals surface area contributed by atoms with Crippen molar-refractivity contribution in [3.8, 4) is 17.2 Å². The molecule has 100 valence electrons. The van der Waals surface area contributed by atoms with Crippen molar-refractivity contribution < 1.29 is 4.79 Å². The minimum Gasteiger partial charge on any atom is -0.364 e. The highest BCUT2D eigenvalue weighted by molar-refractivity contribution is 6.00. The number of fused-ring (bicyclic) bond motifs is 1. The molecule has 0 aliphatic rings. The molecule has 1 amide bonds. The predicted molar refractivity (Wildman–Crippen MR) is 80.4 cm³/mol. The van der Waals surface area contributed by atoms with E-state index in [2.05, 4.69) is 11.1 Å². The van der Waals surface area contributed by atoms with Gasteiger partial charge in [-0.05, 0) is 35.4 Å². The molecule has 0 saturated carbocycles. The van der Waals surface area contributed by atoms with Crippen LogP contribution in [0.3, 0.4) is 0 Å². The molecule has 0 aliphatic carbocycles. The quantitative estimate of drug-likeness (QED) is 0.779. The van der Waals surface area contributed by atoms with Crippen LogP contribution in [-0.2, 0) is 0 Å². The van der Waals surface area contributed by atoms with Gasteiger partial charge in [-0.2, -0.15) is 5.26 Å². The molecule has 2 N–H and O–H groups in total. The number of primary amides is 1. The van der Waals surface area contributed by atoms with Crippen LogP contribution in [0.25, 0.3) is 22.0 Å². The van der Waals surface area contributed by atoms with E-state index in [0.29, 0.717) is 11.1 Å². The third-order valence-electron chi connectivity index (χ3n) is 3.29. The summed E-state index contributed by atoms with van der Waals surface area (Å²) in [6.07, 6.45) is 0. The second kappa shape index (κ2) is 5.06. The molecule has 0 aliphatic heterocycles. The van der Waals surface area contributed by atoms with Crippen molar-refractivity contribution in [2.24, 2.45) is 5.73 Å². The van der Waals surface area contributed by atoms with E-state index in [0.717, 1.165) is 16.5 Å². The molecule has 0 radical (unpaired) electrons. The van der Waals surface area contributed by atoms with Gasteiger partial charge < -0.3 is 5.73 Å². The van der Waals surface area contributed by atoms with E-state index in [4.69, 9.17) is 11.0 Å². The lowest BCUT2D eigenvalue weighted by Gasteiger charge is -2.08. The molecule has 0 bridgehead atoms. The number of hydrogen-bond acceptors (Lipinski definition) is 3. The van der Waals surface area contributed by atoms with E-state index in [1.54, 1.807) is 18.2 Å². The Kier molecular flexibility index (Phi) is 3.09. The molecule has 21 heavy (non-hydrogen) atoms. The minimum absolute atomic E-state index is 0.230. The van der Waals surface area contributed by atoms with Gasteiger partial charge in [0.05, 0.1) is 17.1 Å². The number of pyridine rings is 1. The average Bonchev–Trinajstić information content (AvgIpc) is 2.54. The Hall–Kier alpha value is -3.19. The first-order valence-corrected chi connectivity index (χ1v) is 6.39. The van der Waals surface area contributed by atoms with E-state index in [-0.39, 0.29) is 5.69 Å². The molecule has 0 spiro atoms. The maximum Gasteiger partial charge on any atom is 0.267 e. The largest absolute Gasteiger partial charge is 0.364 e. The van der Waals surface area contributed by atoms with Crippen LogP contribution < -0.4 is 5.73 Å². The fourth-order valence-corrected chi connectivity index (χ4v) is 2.26. The minimum atomic E-state index is -0.560. The van der Waals surface area contributed by atoms with Crippen LogP contribution in [-0.4, -0.2) is 10.9 Å². The summed E-state index contributed by atoms with van der Waals surface area (Å²) >= 11 is 0. The molecule has 0 saturated heterocycles. The van der Waals surface area contributed by atoms with E-state index in [1.165, 1.54) is 0 Å². The number of para-hydroxylation sites is 1. The smallest absolute Gasteiger partial charge is 0.267 e. The van der Waals surface area contributed by atoms with E-state index < -0.39 is 5.91 Å². The SMILES string of the molecule is N#Cc1ccc(-c2cc(C(N)=O)nc3ccccc23)cc1. The summed E-state index contributed by atoms with van der Waals surface area (Å²) in [5.74, 6) is -0.560. The summed E-state index contributed by atoms with van der Waals surface area (Å²) in [5, 5.41) is 9.80. The molecular weight excluding hydrogens is 262 g/mol. The monoisotopic (exact) mass is 273 g/mol. The van der Waals surface area contributed by atoms with Crippen LogP contribution in [0.5, 0.6) is 0 Å². The molecule has 0 atom stereocenters. The molecule has 1 heterocycles. The second-order valence-corrected chi connectivity index (χ2v) is 4.63. The summed E-state index contributed by atoms with van der Waals surface area (Å²) in [6.45, 7) is 0. The zero-order valence-corrected chi connectivity index (χ0v) is 11.1. The van der Waals surface area contributed by atoms with Crippen LogP contribution in [0.4, 0.5) is 0 Å². The van der Waals surface area contributed by atoms with Crippen molar-refractivity contribution in [2.45, 2.75) is 0 Å². The van der Waals surface area contributed by atoms with Gasteiger partial charge in [-0.15, -0.1) is 0 Å². The number of nitriles is 1. The Morgan fingerprint density at radius 2 is 1.81 bits per heavy atom. The topological polar surface area (TPSA) is 79.8 Å². The first-order chi connectivity index (χ1) is 10.2. The maximum absolute atomic E-state index is 11.4. The van der Waals surface area contributed by atoms with Crippen LogP contribution in [0.1, 0.15) is 16.1 Å². The van der Waals surface area contributed by atoms with Gasteiger partial charge in [0.2, 0.25) is 0 Å². The Morgan fingerprint density at radius 1 is 1.10 bits per heavy atom. The zero-order valence-electron chi connectivity index (χ0n) is 11.1. The van der Waals surface area contributed by atoms with Gasteiger partial charge in [0.15, 0.2) is 0 Å². The summed E-state index contributed by atoms with van der Waals surface area (Å²) in [5.41, 5.74) is 8.67. The number of aromatic nitrogens is 1. The first kappa shape index (κ1) is 12.8. The lowest BCUT2D eigenvalue weighted by Crippen LogP contribution is -2.13. The molecule has 4 nitrogen and oxygen atoms in total. The molecule has 0 unspecified atom stereocenters. The Morgan fingerprint density at radius 3 is 2.48 bits per heavy atom. The van der Waals surface area contributed by atoms with Gasteiger partial charge >= 0.3 is 0 Å².